The lowest BCUT2D eigenvalue weighted by atomic mass is 9.93. The molecule has 1 aromatic heterocycles. The van der Waals surface area contributed by atoms with E-state index >= 15 is 0 Å². The molecule has 1 aliphatic rings. The van der Waals surface area contributed by atoms with Crippen LogP contribution in [0.3, 0.4) is 0 Å². The van der Waals surface area contributed by atoms with E-state index in [-0.39, 0.29) is 11.8 Å². The van der Waals surface area contributed by atoms with Crippen molar-refractivity contribution >= 4 is 11.7 Å². The minimum absolute atomic E-state index is 0.0416. The van der Waals surface area contributed by atoms with E-state index in [1.165, 1.54) is 0 Å². The van der Waals surface area contributed by atoms with Crippen LogP contribution in [0.25, 0.3) is 0 Å². The molecule has 2 aromatic rings. The molecule has 0 N–H and O–H groups in total. The van der Waals surface area contributed by atoms with Crippen LogP contribution in [0, 0.1) is 0 Å². The van der Waals surface area contributed by atoms with E-state index in [0.717, 1.165) is 43.7 Å². The first kappa shape index (κ1) is 17.5. The van der Waals surface area contributed by atoms with E-state index < -0.39 is 0 Å². The topological polar surface area (TPSA) is 36.4 Å². The van der Waals surface area contributed by atoms with Crippen LogP contribution in [0.15, 0.2) is 54.7 Å². The summed E-state index contributed by atoms with van der Waals surface area (Å²) in [6.45, 7) is 3.98. The standard InChI is InChI=1S/C21H27N3O/c1-3-19(17-9-5-4-6-10-17)21(25)23(2)18-12-15-24(16-13-18)20-11-7-8-14-22-20/h4-11,14,18-19H,3,12-13,15-16H2,1-2H3. The van der Waals surface area contributed by atoms with Crippen LogP contribution in [0.1, 0.15) is 37.7 Å². The van der Waals surface area contributed by atoms with E-state index in [9.17, 15) is 4.79 Å². The van der Waals surface area contributed by atoms with Gasteiger partial charge in [0.05, 0.1) is 5.92 Å². The molecule has 1 aliphatic heterocycles. The summed E-state index contributed by atoms with van der Waals surface area (Å²) in [6, 6.07) is 16.5. The van der Waals surface area contributed by atoms with Crippen molar-refractivity contribution in [2.24, 2.45) is 0 Å². The summed E-state index contributed by atoms with van der Waals surface area (Å²) < 4.78 is 0. The molecular formula is C21H27N3O. The average molecular weight is 337 g/mol. The van der Waals surface area contributed by atoms with Gasteiger partial charge in [0.15, 0.2) is 0 Å². The van der Waals surface area contributed by atoms with Crippen molar-refractivity contribution in [3.8, 4) is 0 Å². The van der Waals surface area contributed by atoms with E-state index in [0.29, 0.717) is 6.04 Å². The Hall–Kier alpha value is -2.36. The summed E-state index contributed by atoms with van der Waals surface area (Å²) in [7, 11) is 1.97. The van der Waals surface area contributed by atoms with E-state index in [4.69, 9.17) is 0 Å². The van der Waals surface area contributed by atoms with Gasteiger partial charge in [-0.2, -0.15) is 0 Å². The van der Waals surface area contributed by atoms with Crippen LogP contribution in [-0.4, -0.2) is 42.0 Å². The SMILES string of the molecule is CCC(C(=O)N(C)C1CCN(c2ccccn2)CC1)c1ccccc1. The van der Waals surface area contributed by atoms with Crippen molar-refractivity contribution in [2.75, 3.05) is 25.0 Å². The zero-order valence-electron chi connectivity index (χ0n) is 15.1. The summed E-state index contributed by atoms with van der Waals surface area (Å²) in [5.74, 6) is 1.23. The fourth-order valence-corrected chi connectivity index (χ4v) is 3.69. The van der Waals surface area contributed by atoms with Crippen LogP contribution in [0.2, 0.25) is 0 Å². The van der Waals surface area contributed by atoms with Crippen LogP contribution < -0.4 is 4.90 Å². The Morgan fingerprint density at radius 1 is 1.16 bits per heavy atom. The third kappa shape index (κ3) is 4.01. The molecule has 1 amide bonds. The predicted molar refractivity (Wildman–Crippen MR) is 102 cm³/mol. The van der Waals surface area contributed by atoms with Gasteiger partial charge in [0.25, 0.3) is 0 Å². The van der Waals surface area contributed by atoms with Crippen molar-refractivity contribution in [1.29, 1.82) is 0 Å². The number of pyridine rings is 1. The highest BCUT2D eigenvalue weighted by Gasteiger charge is 2.29. The van der Waals surface area contributed by atoms with Crippen LogP contribution in [0.5, 0.6) is 0 Å². The van der Waals surface area contributed by atoms with Gasteiger partial charge in [-0.3, -0.25) is 4.79 Å². The maximum Gasteiger partial charge on any atom is 0.230 e. The number of rotatable bonds is 5. The van der Waals surface area contributed by atoms with Gasteiger partial charge in [-0.15, -0.1) is 0 Å². The number of benzene rings is 1. The van der Waals surface area contributed by atoms with Crippen molar-refractivity contribution in [3.63, 3.8) is 0 Å². The van der Waals surface area contributed by atoms with Gasteiger partial charge in [-0.1, -0.05) is 43.3 Å². The normalized spacial score (nSPS) is 16.5. The Balaban J connectivity index is 1.62. The number of anilines is 1. The van der Waals surface area contributed by atoms with Gasteiger partial charge in [0.1, 0.15) is 5.82 Å². The largest absolute Gasteiger partial charge is 0.356 e. The summed E-state index contributed by atoms with van der Waals surface area (Å²) in [5, 5.41) is 0. The molecule has 3 rings (SSSR count). The first-order valence-corrected chi connectivity index (χ1v) is 9.18. The molecule has 0 bridgehead atoms. The highest BCUT2D eigenvalue weighted by molar-refractivity contribution is 5.83. The zero-order chi connectivity index (χ0) is 17.6. The lowest BCUT2D eigenvalue weighted by Crippen LogP contribution is -2.47. The van der Waals surface area contributed by atoms with Crippen molar-refractivity contribution in [2.45, 2.75) is 38.1 Å². The van der Waals surface area contributed by atoms with Gasteiger partial charge in [-0.05, 0) is 37.0 Å². The molecule has 2 heterocycles. The monoisotopic (exact) mass is 337 g/mol. The van der Waals surface area contributed by atoms with E-state index in [1.807, 2.05) is 48.5 Å². The Bertz CT molecular complexity index is 666. The minimum atomic E-state index is -0.0416. The molecule has 132 valence electrons. The van der Waals surface area contributed by atoms with Gasteiger partial charge < -0.3 is 9.80 Å². The molecule has 25 heavy (non-hydrogen) atoms. The predicted octanol–water partition coefficient (Wildman–Crippen LogP) is 3.70. The highest BCUT2D eigenvalue weighted by Crippen LogP contribution is 2.26. The zero-order valence-corrected chi connectivity index (χ0v) is 15.1. The molecule has 1 fully saturated rings. The molecule has 0 aliphatic carbocycles. The van der Waals surface area contributed by atoms with Gasteiger partial charge in [-0.25, -0.2) is 4.98 Å². The Labute approximate surface area is 150 Å². The number of hydrogen-bond donors (Lipinski definition) is 0. The first-order valence-electron chi connectivity index (χ1n) is 9.18. The smallest absolute Gasteiger partial charge is 0.230 e. The maximum atomic E-state index is 13.0. The molecule has 0 radical (unpaired) electrons. The van der Waals surface area contributed by atoms with Crippen LogP contribution >= 0.6 is 0 Å². The quantitative estimate of drug-likeness (QED) is 0.835. The summed E-state index contributed by atoms with van der Waals surface area (Å²) in [4.78, 5) is 21.8. The fourth-order valence-electron chi connectivity index (χ4n) is 3.69. The molecule has 1 saturated heterocycles. The first-order chi connectivity index (χ1) is 12.2. The number of aromatic nitrogens is 1. The summed E-state index contributed by atoms with van der Waals surface area (Å²) in [6.07, 6.45) is 4.65. The third-order valence-electron chi connectivity index (χ3n) is 5.24. The molecule has 4 heteroatoms. The van der Waals surface area contributed by atoms with Gasteiger partial charge in [0, 0.05) is 32.4 Å². The minimum Gasteiger partial charge on any atom is -0.356 e. The Morgan fingerprint density at radius 2 is 1.84 bits per heavy atom. The average Bonchev–Trinajstić information content (AvgIpc) is 2.69. The number of likely N-dealkylation sites (N-methyl/N-ethyl adjacent to an activating group) is 1. The summed E-state index contributed by atoms with van der Waals surface area (Å²) in [5.41, 5.74) is 1.12. The second-order valence-electron chi connectivity index (χ2n) is 6.73. The van der Waals surface area contributed by atoms with E-state index in [2.05, 4.69) is 35.0 Å². The number of hydrogen-bond acceptors (Lipinski definition) is 3. The van der Waals surface area contributed by atoms with Crippen LogP contribution in [0.4, 0.5) is 5.82 Å². The van der Waals surface area contributed by atoms with Crippen molar-refractivity contribution < 1.29 is 4.79 Å². The van der Waals surface area contributed by atoms with Crippen molar-refractivity contribution in [3.05, 3.63) is 60.3 Å². The molecule has 4 nitrogen and oxygen atoms in total. The molecule has 1 aromatic carbocycles. The number of nitrogens with zero attached hydrogens (tertiary/aromatic N) is 3. The van der Waals surface area contributed by atoms with E-state index in [1.54, 1.807) is 0 Å². The third-order valence-corrected chi connectivity index (χ3v) is 5.24. The summed E-state index contributed by atoms with van der Waals surface area (Å²) >= 11 is 0. The van der Waals surface area contributed by atoms with Crippen LogP contribution in [-0.2, 0) is 4.79 Å². The number of carbonyl (C=O) groups excluding carboxylic acids is 1. The Morgan fingerprint density at radius 3 is 2.44 bits per heavy atom. The fraction of sp³-hybridized carbons (Fsp3) is 0.429. The second-order valence-corrected chi connectivity index (χ2v) is 6.73. The number of amides is 1. The Kier molecular flexibility index (Phi) is 5.69. The lowest BCUT2D eigenvalue weighted by molar-refractivity contribution is -0.134. The van der Waals surface area contributed by atoms with Crippen molar-refractivity contribution in [1.82, 2.24) is 9.88 Å². The lowest BCUT2D eigenvalue weighted by Gasteiger charge is -2.38. The van der Waals surface area contributed by atoms with Gasteiger partial charge in [0.2, 0.25) is 5.91 Å². The molecule has 0 saturated carbocycles. The molecule has 1 unspecified atom stereocenters. The number of carbonyl (C=O) groups is 1. The maximum absolute atomic E-state index is 13.0. The molecular weight excluding hydrogens is 310 g/mol. The molecule has 1 atom stereocenters. The number of piperidine rings is 1. The molecule has 0 spiro atoms. The second kappa shape index (κ2) is 8.15. The van der Waals surface area contributed by atoms with Gasteiger partial charge >= 0.3 is 0 Å². The highest BCUT2D eigenvalue weighted by atomic mass is 16.2.